The first-order chi connectivity index (χ1) is 14.8. The first-order valence-electron chi connectivity index (χ1n) is 9.87. The van der Waals surface area contributed by atoms with Crippen molar-refractivity contribution in [3.05, 3.63) is 24.0 Å². The topological polar surface area (TPSA) is 127 Å². The Hall–Kier alpha value is -2.31. The predicted molar refractivity (Wildman–Crippen MR) is 116 cm³/mol. The minimum Gasteiger partial charge on any atom is -0.493 e. The molecular formula is C19H27N5O5S2. The van der Waals surface area contributed by atoms with Crippen LogP contribution in [-0.4, -0.2) is 73.4 Å². The number of aryl methyl sites for hydroxylation is 1. The van der Waals surface area contributed by atoms with Crippen molar-refractivity contribution in [1.29, 1.82) is 0 Å². The number of amides is 1. The maximum Gasteiger partial charge on any atom is 0.243 e. The second-order valence-electron chi connectivity index (χ2n) is 7.04. The molecule has 0 saturated carbocycles. The molecule has 2 aromatic rings. The van der Waals surface area contributed by atoms with Gasteiger partial charge in [-0.2, -0.15) is 4.31 Å². The lowest BCUT2D eigenvalue weighted by Gasteiger charge is -2.30. The van der Waals surface area contributed by atoms with Gasteiger partial charge in [-0.15, -0.1) is 5.10 Å². The third-order valence-electron chi connectivity index (χ3n) is 5.03. The van der Waals surface area contributed by atoms with Crippen LogP contribution < -0.4 is 14.8 Å². The molecule has 1 aliphatic heterocycles. The summed E-state index contributed by atoms with van der Waals surface area (Å²) in [5, 5.41) is 10.4. The zero-order valence-electron chi connectivity index (χ0n) is 17.8. The Morgan fingerprint density at radius 2 is 1.97 bits per heavy atom. The smallest absolute Gasteiger partial charge is 0.243 e. The molecule has 2 heterocycles. The molecule has 0 spiro atoms. The van der Waals surface area contributed by atoms with Crippen LogP contribution in [-0.2, 0) is 14.8 Å². The molecule has 1 fully saturated rings. The summed E-state index contributed by atoms with van der Waals surface area (Å²) in [4.78, 5) is 16.8. The van der Waals surface area contributed by atoms with Crippen LogP contribution in [0, 0.1) is 12.8 Å². The maximum absolute atomic E-state index is 13.0. The molecule has 1 amide bonds. The molecule has 1 saturated heterocycles. The number of rotatable bonds is 9. The number of benzene rings is 1. The number of carbonyl (C=O) groups excluding carboxylic acids is 1. The third-order valence-corrected chi connectivity index (χ3v) is 7.77. The van der Waals surface area contributed by atoms with E-state index >= 15 is 0 Å². The molecule has 10 nitrogen and oxygen atoms in total. The molecule has 0 atom stereocenters. The van der Waals surface area contributed by atoms with Gasteiger partial charge in [-0.1, -0.05) is 11.8 Å². The van der Waals surface area contributed by atoms with Gasteiger partial charge >= 0.3 is 0 Å². The molecule has 170 valence electrons. The van der Waals surface area contributed by atoms with Crippen LogP contribution >= 0.6 is 11.8 Å². The fourth-order valence-electron chi connectivity index (χ4n) is 3.33. The van der Waals surface area contributed by atoms with E-state index in [1.807, 2.05) is 6.92 Å². The second kappa shape index (κ2) is 10.3. The third kappa shape index (κ3) is 5.69. The van der Waals surface area contributed by atoms with Gasteiger partial charge in [0.15, 0.2) is 11.5 Å². The van der Waals surface area contributed by atoms with Crippen LogP contribution in [0.1, 0.15) is 18.7 Å². The summed E-state index contributed by atoms with van der Waals surface area (Å²) in [6, 6.07) is 4.53. The SMILES string of the molecule is COc1ccc(S(=O)(=O)N2CCC(C(=O)NCCSc3n[nH]c(C)n3)CC2)cc1OC. The van der Waals surface area contributed by atoms with Crippen molar-refractivity contribution in [3.63, 3.8) is 0 Å². The Balaban J connectivity index is 1.49. The number of hydrogen-bond acceptors (Lipinski definition) is 8. The van der Waals surface area contributed by atoms with Crippen LogP contribution in [0.25, 0.3) is 0 Å². The molecule has 1 aromatic carbocycles. The van der Waals surface area contributed by atoms with Gasteiger partial charge in [0, 0.05) is 37.4 Å². The molecule has 3 rings (SSSR count). The first-order valence-corrected chi connectivity index (χ1v) is 12.3. The lowest BCUT2D eigenvalue weighted by Crippen LogP contribution is -2.43. The van der Waals surface area contributed by atoms with E-state index in [-0.39, 0.29) is 16.7 Å². The monoisotopic (exact) mass is 469 g/mol. The molecule has 31 heavy (non-hydrogen) atoms. The largest absolute Gasteiger partial charge is 0.493 e. The average Bonchev–Trinajstić information content (AvgIpc) is 3.21. The van der Waals surface area contributed by atoms with E-state index in [4.69, 9.17) is 9.47 Å². The van der Waals surface area contributed by atoms with Crippen LogP contribution in [0.15, 0.2) is 28.3 Å². The number of nitrogens with one attached hydrogen (secondary N) is 2. The van der Waals surface area contributed by atoms with Gasteiger partial charge < -0.3 is 14.8 Å². The number of aromatic amines is 1. The summed E-state index contributed by atoms with van der Waals surface area (Å²) in [5.41, 5.74) is 0. The number of hydrogen-bond donors (Lipinski definition) is 2. The molecule has 1 aromatic heterocycles. The van der Waals surface area contributed by atoms with E-state index in [1.54, 1.807) is 6.07 Å². The number of carbonyl (C=O) groups is 1. The zero-order valence-corrected chi connectivity index (χ0v) is 19.4. The van der Waals surface area contributed by atoms with Crippen molar-refractivity contribution in [1.82, 2.24) is 24.8 Å². The summed E-state index contributed by atoms with van der Waals surface area (Å²) in [7, 11) is -0.715. The number of ether oxygens (including phenoxy) is 2. The van der Waals surface area contributed by atoms with Crippen LogP contribution in [0.3, 0.4) is 0 Å². The Morgan fingerprint density at radius 3 is 2.58 bits per heavy atom. The highest BCUT2D eigenvalue weighted by Gasteiger charge is 2.32. The highest BCUT2D eigenvalue weighted by atomic mass is 32.2. The average molecular weight is 470 g/mol. The van der Waals surface area contributed by atoms with Gasteiger partial charge in [-0.3, -0.25) is 9.89 Å². The Kier molecular flexibility index (Phi) is 7.79. The predicted octanol–water partition coefficient (Wildman–Crippen LogP) is 1.44. The van der Waals surface area contributed by atoms with Crippen LogP contribution in [0.4, 0.5) is 0 Å². The number of methoxy groups -OCH3 is 2. The van der Waals surface area contributed by atoms with E-state index in [0.717, 1.165) is 5.82 Å². The van der Waals surface area contributed by atoms with Crippen molar-refractivity contribution in [2.75, 3.05) is 39.6 Å². The molecule has 0 aliphatic carbocycles. The summed E-state index contributed by atoms with van der Waals surface area (Å²) >= 11 is 1.46. The lowest BCUT2D eigenvalue weighted by molar-refractivity contribution is -0.125. The standard InChI is InChI=1S/C19H27N5O5S2/c1-13-21-19(23-22-13)30-11-8-20-18(25)14-6-9-24(10-7-14)31(26,27)15-4-5-16(28-2)17(12-15)29-3/h4-5,12,14H,6-11H2,1-3H3,(H,20,25)(H,21,22,23). The van der Waals surface area contributed by atoms with Crippen LogP contribution in [0.5, 0.6) is 11.5 Å². The molecule has 1 aliphatic rings. The summed E-state index contributed by atoms with van der Waals surface area (Å²) in [6.45, 7) is 2.91. The Labute approximate surface area is 186 Å². The Morgan fingerprint density at radius 1 is 1.26 bits per heavy atom. The van der Waals surface area contributed by atoms with E-state index < -0.39 is 10.0 Å². The van der Waals surface area contributed by atoms with Crippen molar-refractivity contribution in [3.8, 4) is 11.5 Å². The van der Waals surface area contributed by atoms with Crippen molar-refractivity contribution >= 4 is 27.7 Å². The van der Waals surface area contributed by atoms with Crippen molar-refractivity contribution < 1.29 is 22.7 Å². The molecule has 12 heteroatoms. The van der Waals surface area contributed by atoms with Gasteiger partial charge in [-0.25, -0.2) is 13.4 Å². The second-order valence-corrected chi connectivity index (χ2v) is 10.0. The molecular weight excluding hydrogens is 442 g/mol. The summed E-state index contributed by atoms with van der Waals surface area (Å²) < 4.78 is 37.8. The van der Waals surface area contributed by atoms with Gasteiger partial charge in [0.05, 0.1) is 19.1 Å². The first kappa shape index (κ1) is 23.4. The number of piperidine rings is 1. The Bertz CT molecular complexity index is 1000. The minimum atomic E-state index is -3.67. The number of H-pyrrole nitrogens is 1. The van der Waals surface area contributed by atoms with Gasteiger partial charge in [-0.05, 0) is 31.9 Å². The van der Waals surface area contributed by atoms with Crippen LogP contribution in [0.2, 0.25) is 0 Å². The molecule has 0 unspecified atom stereocenters. The number of sulfonamides is 1. The molecule has 0 radical (unpaired) electrons. The normalized spacial score (nSPS) is 15.6. The fourth-order valence-corrected chi connectivity index (χ4v) is 5.52. The zero-order chi connectivity index (χ0) is 22.4. The quantitative estimate of drug-likeness (QED) is 0.417. The maximum atomic E-state index is 13.0. The summed E-state index contributed by atoms with van der Waals surface area (Å²) in [5.74, 6) is 1.99. The van der Waals surface area contributed by atoms with E-state index in [1.165, 1.54) is 42.4 Å². The van der Waals surface area contributed by atoms with E-state index in [9.17, 15) is 13.2 Å². The fraction of sp³-hybridized carbons (Fsp3) is 0.526. The van der Waals surface area contributed by atoms with Crippen molar-refractivity contribution in [2.24, 2.45) is 5.92 Å². The van der Waals surface area contributed by atoms with Gasteiger partial charge in [0.2, 0.25) is 21.1 Å². The summed E-state index contributed by atoms with van der Waals surface area (Å²) in [6.07, 6.45) is 0.956. The minimum absolute atomic E-state index is 0.0464. The molecule has 0 bridgehead atoms. The highest BCUT2D eigenvalue weighted by Crippen LogP contribution is 2.32. The highest BCUT2D eigenvalue weighted by molar-refractivity contribution is 7.99. The number of aromatic nitrogens is 3. The lowest BCUT2D eigenvalue weighted by atomic mass is 9.97. The molecule has 2 N–H and O–H groups in total. The van der Waals surface area contributed by atoms with Gasteiger partial charge in [0.25, 0.3) is 0 Å². The van der Waals surface area contributed by atoms with Gasteiger partial charge in [0.1, 0.15) is 5.82 Å². The number of thioether (sulfide) groups is 1. The van der Waals surface area contributed by atoms with E-state index in [2.05, 4.69) is 20.5 Å². The van der Waals surface area contributed by atoms with E-state index in [0.29, 0.717) is 54.9 Å². The van der Waals surface area contributed by atoms with Crippen molar-refractivity contribution in [2.45, 2.75) is 29.8 Å². The number of nitrogens with zero attached hydrogens (tertiary/aromatic N) is 3.